The van der Waals surface area contributed by atoms with E-state index in [9.17, 15) is 9.59 Å². The second-order valence-corrected chi connectivity index (χ2v) is 2.83. The van der Waals surface area contributed by atoms with Crippen molar-refractivity contribution in [3.05, 3.63) is 12.2 Å². The summed E-state index contributed by atoms with van der Waals surface area (Å²) in [6.07, 6.45) is 5.03. The molecule has 0 aliphatic carbocycles. The van der Waals surface area contributed by atoms with Crippen LogP contribution < -0.4 is 0 Å². The zero-order valence-corrected chi connectivity index (χ0v) is 7.08. The number of ketones is 1. The average molecular weight is 168 g/mol. The Morgan fingerprint density at radius 2 is 2.33 bits per heavy atom. The van der Waals surface area contributed by atoms with Gasteiger partial charge >= 0.3 is 5.97 Å². The van der Waals surface area contributed by atoms with Crippen LogP contribution in [0.1, 0.15) is 19.8 Å². The summed E-state index contributed by atoms with van der Waals surface area (Å²) in [5.41, 5.74) is 0. The zero-order chi connectivity index (χ0) is 8.97. The average Bonchev–Trinajstić information content (AvgIpc) is 1.96. The van der Waals surface area contributed by atoms with Crippen molar-refractivity contribution in [2.75, 3.05) is 6.61 Å². The van der Waals surface area contributed by atoms with Gasteiger partial charge in [-0.05, 0) is 19.8 Å². The SMILES string of the molecule is CC(=O)C1C/C=C\CCOC1=O. The third-order valence-electron chi connectivity index (χ3n) is 1.84. The van der Waals surface area contributed by atoms with Gasteiger partial charge in [0.1, 0.15) is 11.7 Å². The fourth-order valence-corrected chi connectivity index (χ4v) is 1.11. The van der Waals surface area contributed by atoms with Gasteiger partial charge in [0.05, 0.1) is 6.61 Å². The molecular weight excluding hydrogens is 156 g/mol. The van der Waals surface area contributed by atoms with Gasteiger partial charge in [0.15, 0.2) is 0 Å². The van der Waals surface area contributed by atoms with Gasteiger partial charge < -0.3 is 4.74 Å². The molecule has 0 aromatic heterocycles. The van der Waals surface area contributed by atoms with Crippen molar-refractivity contribution < 1.29 is 14.3 Å². The van der Waals surface area contributed by atoms with Gasteiger partial charge in [0.25, 0.3) is 0 Å². The zero-order valence-electron chi connectivity index (χ0n) is 7.08. The lowest BCUT2D eigenvalue weighted by Crippen LogP contribution is -2.24. The quantitative estimate of drug-likeness (QED) is 0.334. The van der Waals surface area contributed by atoms with Gasteiger partial charge in [0.2, 0.25) is 0 Å². The summed E-state index contributed by atoms with van der Waals surface area (Å²) < 4.78 is 4.85. The molecule has 3 nitrogen and oxygen atoms in total. The van der Waals surface area contributed by atoms with Gasteiger partial charge in [-0.3, -0.25) is 9.59 Å². The lowest BCUT2D eigenvalue weighted by atomic mass is 10.0. The first-order valence-electron chi connectivity index (χ1n) is 4.04. The van der Waals surface area contributed by atoms with Crippen molar-refractivity contribution >= 4 is 11.8 Å². The van der Waals surface area contributed by atoms with Gasteiger partial charge in [-0.15, -0.1) is 0 Å². The monoisotopic (exact) mass is 168 g/mol. The summed E-state index contributed by atoms with van der Waals surface area (Å²) in [4.78, 5) is 22.1. The van der Waals surface area contributed by atoms with E-state index in [2.05, 4.69) is 0 Å². The Kier molecular flexibility index (Phi) is 3.02. The Bertz CT molecular complexity index is 218. The van der Waals surface area contributed by atoms with Gasteiger partial charge in [-0.2, -0.15) is 0 Å². The minimum absolute atomic E-state index is 0.119. The number of cyclic esters (lactones) is 1. The largest absolute Gasteiger partial charge is 0.465 e. The normalized spacial score (nSPS) is 26.8. The smallest absolute Gasteiger partial charge is 0.316 e. The second kappa shape index (κ2) is 4.04. The van der Waals surface area contributed by atoms with Crippen molar-refractivity contribution in [3.63, 3.8) is 0 Å². The maximum Gasteiger partial charge on any atom is 0.316 e. The number of rotatable bonds is 1. The van der Waals surface area contributed by atoms with E-state index < -0.39 is 5.92 Å². The molecule has 66 valence electrons. The van der Waals surface area contributed by atoms with Crippen LogP contribution in [0.2, 0.25) is 0 Å². The Hall–Kier alpha value is -1.12. The molecule has 1 aliphatic rings. The van der Waals surface area contributed by atoms with Gasteiger partial charge in [-0.1, -0.05) is 12.2 Å². The highest BCUT2D eigenvalue weighted by molar-refractivity contribution is 5.97. The van der Waals surface area contributed by atoms with E-state index in [1.54, 1.807) is 0 Å². The molecule has 0 saturated heterocycles. The van der Waals surface area contributed by atoms with E-state index in [-0.39, 0.29) is 11.8 Å². The number of hydrogen-bond acceptors (Lipinski definition) is 3. The molecule has 0 fully saturated rings. The fraction of sp³-hybridized carbons (Fsp3) is 0.556. The Morgan fingerprint density at radius 1 is 1.58 bits per heavy atom. The molecule has 1 rings (SSSR count). The van der Waals surface area contributed by atoms with Crippen LogP contribution in [0, 0.1) is 5.92 Å². The molecule has 0 saturated carbocycles. The van der Waals surface area contributed by atoms with Gasteiger partial charge in [0, 0.05) is 0 Å². The molecule has 0 radical (unpaired) electrons. The molecule has 12 heavy (non-hydrogen) atoms. The van der Waals surface area contributed by atoms with E-state index >= 15 is 0 Å². The highest BCUT2D eigenvalue weighted by Gasteiger charge is 2.23. The van der Waals surface area contributed by atoms with Crippen LogP contribution in [0.3, 0.4) is 0 Å². The lowest BCUT2D eigenvalue weighted by Gasteiger charge is -2.12. The van der Waals surface area contributed by atoms with Gasteiger partial charge in [-0.25, -0.2) is 0 Å². The minimum atomic E-state index is -0.582. The fourth-order valence-electron chi connectivity index (χ4n) is 1.11. The number of hydrogen-bond donors (Lipinski definition) is 0. The first-order chi connectivity index (χ1) is 5.72. The molecule has 0 spiro atoms. The lowest BCUT2D eigenvalue weighted by molar-refractivity contribution is -0.151. The molecular formula is C9H12O3. The van der Waals surface area contributed by atoms with E-state index in [4.69, 9.17) is 4.74 Å². The first kappa shape index (κ1) is 8.97. The molecule has 1 unspecified atom stereocenters. The third kappa shape index (κ3) is 2.19. The van der Waals surface area contributed by atoms with Crippen molar-refractivity contribution in [3.8, 4) is 0 Å². The second-order valence-electron chi connectivity index (χ2n) is 2.83. The van der Waals surface area contributed by atoms with Crippen LogP contribution in [0.25, 0.3) is 0 Å². The highest BCUT2D eigenvalue weighted by atomic mass is 16.5. The summed E-state index contributed by atoms with van der Waals surface area (Å²) in [5.74, 6) is -1.08. The van der Waals surface area contributed by atoms with E-state index in [1.807, 2.05) is 12.2 Å². The molecule has 1 aliphatic heterocycles. The van der Waals surface area contributed by atoms with Crippen LogP contribution in [0.4, 0.5) is 0 Å². The summed E-state index contributed by atoms with van der Waals surface area (Å²) in [5, 5.41) is 0. The van der Waals surface area contributed by atoms with Crippen molar-refractivity contribution in [1.82, 2.24) is 0 Å². The van der Waals surface area contributed by atoms with Crippen molar-refractivity contribution in [1.29, 1.82) is 0 Å². The number of Topliss-reactive ketones (excluding diaryl/α,β-unsaturated/α-hetero) is 1. The van der Waals surface area contributed by atoms with Crippen LogP contribution in [0.5, 0.6) is 0 Å². The number of allylic oxidation sites excluding steroid dienone is 1. The van der Waals surface area contributed by atoms with Crippen LogP contribution in [-0.2, 0) is 14.3 Å². The Labute approximate surface area is 71.4 Å². The Balaban J connectivity index is 2.67. The van der Waals surface area contributed by atoms with Crippen LogP contribution >= 0.6 is 0 Å². The minimum Gasteiger partial charge on any atom is -0.465 e. The highest BCUT2D eigenvalue weighted by Crippen LogP contribution is 2.11. The summed E-state index contributed by atoms with van der Waals surface area (Å²) >= 11 is 0. The molecule has 0 amide bonds. The number of ether oxygens (including phenoxy) is 1. The molecule has 1 atom stereocenters. The maximum atomic E-state index is 11.1. The molecule has 0 aromatic carbocycles. The maximum absolute atomic E-state index is 11.1. The summed E-state index contributed by atoms with van der Waals surface area (Å²) in [7, 11) is 0. The third-order valence-corrected chi connectivity index (χ3v) is 1.84. The van der Waals surface area contributed by atoms with E-state index in [1.165, 1.54) is 6.92 Å². The standard InChI is InChI=1S/C9H12O3/c1-7(10)8-5-3-2-4-6-12-9(8)11/h2-3,8H,4-6H2,1H3/b3-2-. The molecule has 0 bridgehead atoms. The molecule has 0 N–H and O–H groups in total. The molecule has 0 aromatic rings. The summed E-state index contributed by atoms with van der Waals surface area (Å²) in [6.45, 7) is 1.81. The van der Waals surface area contributed by atoms with Crippen molar-refractivity contribution in [2.24, 2.45) is 5.92 Å². The van der Waals surface area contributed by atoms with Crippen LogP contribution in [-0.4, -0.2) is 18.4 Å². The van der Waals surface area contributed by atoms with Crippen LogP contribution in [0.15, 0.2) is 12.2 Å². The van der Waals surface area contributed by atoms with E-state index in [0.29, 0.717) is 13.0 Å². The predicted octanol–water partition coefficient (Wildman–Crippen LogP) is 1.08. The van der Waals surface area contributed by atoms with E-state index in [0.717, 1.165) is 6.42 Å². The number of carbonyl (C=O) groups is 2. The molecule has 1 heterocycles. The summed E-state index contributed by atoms with van der Waals surface area (Å²) in [6, 6.07) is 0. The Morgan fingerprint density at radius 3 is 3.00 bits per heavy atom. The van der Waals surface area contributed by atoms with Crippen molar-refractivity contribution in [2.45, 2.75) is 19.8 Å². The number of esters is 1. The topological polar surface area (TPSA) is 43.4 Å². The molecule has 3 heteroatoms. The number of carbonyl (C=O) groups excluding carboxylic acids is 2. The first-order valence-corrected chi connectivity index (χ1v) is 4.04. The predicted molar refractivity (Wildman–Crippen MR) is 43.5 cm³/mol.